The Hall–Kier alpha value is -1.88. The number of amides is 2. The van der Waals surface area contributed by atoms with E-state index in [-0.39, 0.29) is 11.8 Å². The summed E-state index contributed by atoms with van der Waals surface area (Å²) in [6.45, 7) is 4.19. The van der Waals surface area contributed by atoms with Crippen molar-refractivity contribution in [3.63, 3.8) is 0 Å². The van der Waals surface area contributed by atoms with Crippen LogP contribution in [0.25, 0.3) is 0 Å². The molecule has 1 aliphatic rings. The molecule has 0 radical (unpaired) electrons. The zero-order valence-electron chi connectivity index (χ0n) is 10.5. The number of likely N-dealkylation sites (N-methyl/N-ethyl adjacent to an activating group) is 1. The summed E-state index contributed by atoms with van der Waals surface area (Å²) in [6.07, 6.45) is 0. The third-order valence-electron chi connectivity index (χ3n) is 2.95. The smallest absolute Gasteiger partial charge is 0.246 e. The van der Waals surface area contributed by atoms with Crippen LogP contribution in [0.1, 0.15) is 25.5 Å². The Bertz CT molecular complexity index is 473. The molecular weight excluding hydrogens is 230 g/mol. The average molecular weight is 247 g/mol. The molecule has 18 heavy (non-hydrogen) atoms. The van der Waals surface area contributed by atoms with E-state index in [1.54, 1.807) is 6.92 Å². The van der Waals surface area contributed by atoms with E-state index >= 15 is 0 Å². The molecule has 2 atom stereocenters. The maximum atomic E-state index is 11.8. The van der Waals surface area contributed by atoms with E-state index in [0.29, 0.717) is 6.54 Å². The van der Waals surface area contributed by atoms with Crippen molar-refractivity contribution in [1.29, 1.82) is 0 Å². The molecule has 2 amide bonds. The minimum atomic E-state index is -0.459. The summed E-state index contributed by atoms with van der Waals surface area (Å²) in [5.74, 6) is -0.220. The van der Waals surface area contributed by atoms with Crippen LogP contribution in [0.15, 0.2) is 24.3 Å². The summed E-state index contributed by atoms with van der Waals surface area (Å²) < 4.78 is 0. The molecule has 2 rings (SSSR count). The fourth-order valence-corrected chi connectivity index (χ4v) is 2.03. The topological polar surface area (TPSA) is 70.2 Å². The molecule has 0 bridgehead atoms. The molecule has 0 fully saturated rings. The predicted octanol–water partition coefficient (Wildman–Crippen LogP) is 0.794. The van der Waals surface area contributed by atoms with Crippen LogP contribution in [0.2, 0.25) is 0 Å². The fourth-order valence-electron chi connectivity index (χ4n) is 2.03. The highest BCUT2D eigenvalue weighted by molar-refractivity contribution is 6.02. The van der Waals surface area contributed by atoms with Crippen molar-refractivity contribution in [2.24, 2.45) is 0 Å². The van der Waals surface area contributed by atoms with Gasteiger partial charge in [0.2, 0.25) is 11.8 Å². The van der Waals surface area contributed by atoms with E-state index in [1.807, 2.05) is 31.2 Å². The maximum Gasteiger partial charge on any atom is 0.246 e. The first kappa shape index (κ1) is 12.6. The van der Waals surface area contributed by atoms with Crippen molar-refractivity contribution in [2.75, 3.05) is 11.9 Å². The van der Waals surface area contributed by atoms with Gasteiger partial charge in [-0.05, 0) is 19.9 Å². The van der Waals surface area contributed by atoms with Gasteiger partial charge in [-0.15, -0.1) is 0 Å². The molecule has 0 aromatic heterocycles. The second-order valence-electron chi connectivity index (χ2n) is 4.29. The predicted molar refractivity (Wildman–Crippen MR) is 69.1 cm³/mol. The molecule has 5 nitrogen and oxygen atoms in total. The number of anilines is 1. The highest BCUT2D eigenvalue weighted by atomic mass is 16.2. The second kappa shape index (κ2) is 5.18. The van der Waals surface area contributed by atoms with Crippen LogP contribution in [0.3, 0.4) is 0 Å². The maximum absolute atomic E-state index is 11.8. The lowest BCUT2D eigenvalue weighted by Gasteiger charge is -2.17. The molecule has 1 aliphatic heterocycles. The van der Waals surface area contributed by atoms with E-state index in [2.05, 4.69) is 16.0 Å². The van der Waals surface area contributed by atoms with Gasteiger partial charge in [-0.25, -0.2) is 0 Å². The highest BCUT2D eigenvalue weighted by Gasteiger charge is 2.32. The van der Waals surface area contributed by atoms with Crippen LogP contribution >= 0.6 is 0 Å². The lowest BCUT2D eigenvalue weighted by molar-refractivity contribution is -0.123. The number of benzene rings is 1. The summed E-state index contributed by atoms with van der Waals surface area (Å²) >= 11 is 0. The van der Waals surface area contributed by atoms with E-state index in [0.717, 1.165) is 11.3 Å². The zero-order chi connectivity index (χ0) is 13.1. The second-order valence-corrected chi connectivity index (χ2v) is 4.29. The van der Waals surface area contributed by atoms with Gasteiger partial charge in [-0.1, -0.05) is 18.2 Å². The van der Waals surface area contributed by atoms with Crippen molar-refractivity contribution in [2.45, 2.75) is 25.9 Å². The first-order chi connectivity index (χ1) is 8.63. The number of carbonyl (C=O) groups is 2. The van der Waals surface area contributed by atoms with Gasteiger partial charge >= 0.3 is 0 Å². The molecule has 1 aromatic rings. The highest BCUT2D eigenvalue weighted by Crippen LogP contribution is 2.30. The summed E-state index contributed by atoms with van der Waals surface area (Å²) in [5.41, 5.74) is 1.70. The summed E-state index contributed by atoms with van der Waals surface area (Å²) in [5, 5.41) is 8.56. The largest absolute Gasteiger partial charge is 0.355 e. The first-order valence-electron chi connectivity index (χ1n) is 6.07. The monoisotopic (exact) mass is 247 g/mol. The van der Waals surface area contributed by atoms with Crippen molar-refractivity contribution >= 4 is 17.5 Å². The van der Waals surface area contributed by atoms with Gasteiger partial charge in [0, 0.05) is 17.8 Å². The Morgan fingerprint density at radius 3 is 2.89 bits per heavy atom. The van der Waals surface area contributed by atoms with Gasteiger partial charge in [0.15, 0.2) is 0 Å². The van der Waals surface area contributed by atoms with Crippen LogP contribution in [0.4, 0.5) is 5.69 Å². The van der Waals surface area contributed by atoms with Crippen LogP contribution in [-0.2, 0) is 9.59 Å². The Morgan fingerprint density at radius 1 is 1.44 bits per heavy atom. The third kappa shape index (κ3) is 2.36. The summed E-state index contributed by atoms with van der Waals surface area (Å²) in [7, 11) is 0. The van der Waals surface area contributed by atoms with Crippen molar-refractivity contribution in [1.82, 2.24) is 10.6 Å². The van der Waals surface area contributed by atoms with Crippen molar-refractivity contribution < 1.29 is 9.59 Å². The Labute approximate surface area is 106 Å². The van der Waals surface area contributed by atoms with Gasteiger partial charge in [-0.3, -0.25) is 14.9 Å². The normalized spacial score (nSPS) is 19.0. The standard InChI is InChI=1S/C13H17N3O2/c1-3-14-12(17)8(2)15-11-9-6-4-5-7-10(9)16-13(11)18/h4-8,11,15H,3H2,1-2H3,(H,14,17)(H,16,18). The van der Waals surface area contributed by atoms with Crippen LogP contribution in [0, 0.1) is 0 Å². The molecule has 0 spiro atoms. The Kier molecular flexibility index (Phi) is 3.62. The number of fused-ring (bicyclic) bond motifs is 1. The molecule has 3 N–H and O–H groups in total. The lowest BCUT2D eigenvalue weighted by atomic mass is 10.1. The molecule has 0 saturated heterocycles. The molecule has 0 aliphatic carbocycles. The number of hydrogen-bond acceptors (Lipinski definition) is 3. The van der Waals surface area contributed by atoms with Gasteiger partial charge in [-0.2, -0.15) is 0 Å². The summed E-state index contributed by atoms with van der Waals surface area (Å²) in [6, 6.07) is 6.62. The van der Waals surface area contributed by atoms with E-state index in [4.69, 9.17) is 0 Å². The molecule has 5 heteroatoms. The van der Waals surface area contributed by atoms with Gasteiger partial charge in [0.05, 0.1) is 6.04 Å². The number of nitrogens with one attached hydrogen (secondary N) is 3. The van der Waals surface area contributed by atoms with E-state index in [1.165, 1.54) is 0 Å². The fraction of sp³-hybridized carbons (Fsp3) is 0.385. The number of rotatable bonds is 4. The van der Waals surface area contributed by atoms with E-state index in [9.17, 15) is 9.59 Å². The minimum Gasteiger partial charge on any atom is -0.355 e. The number of carbonyl (C=O) groups excluding carboxylic acids is 2. The van der Waals surface area contributed by atoms with Gasteiger partial charge < -0.3 is 10.6 Å². The third-order valence-corrected chi connectivity index (χ3v) is 2.95. The molecule has 2 unspecified atom stereocenters. The lowest BCUT2D eigenvalue weighted by Crippen LogP contribution is -2.45. The van der Waals surface area contributed by atoms with Crippen LogP contribution < -0.4 is 16.0 Å². The van der Waals surface area contributed by atoms with Crippen molar-refractivity contribution in [3.05, 3.63) is 29.8 Å². The van der Waals surface area contributed by atoms with Crippen molar-refractivity contribution in [3.8, 4) is 0 Å². The van der Waals surface area contributed by atoms with Gasteiger partial charge in [0.25, 0.3) is 0 Å². The van der Waals surface area contributed by atoms with Crippen LogP contribution in [-0.4, -0.2) is 24.4 Å². The molecule has 0 saturated carbocycles. The number of para-hydroxylation sites is 1. The minimum absolute atomic E-state index is 0.102. The summed E-state index contributed by atoms with van der Waals surface area (Å²) in [4.78, 5) is 23.5. The Balaban J connectivity index is 2.10. The zero-order valence-corrected chi connectivity index (χ0v) is 10.5. The Morgan fingerprint density at radius 2 is 2.17 bits per heavy atom. The first-order valence-corrected chi connectivity index (χ1v) is 6.07. The van der Waals surface area contributed by atoms with E-state index < -0.39 is 12.1 Å². The SMILES string of the molecule is CCNC(=O)C(C)NC1C(=O)Nc2ccccc21. The number of hydrogen-bond donors (Lipinski definition) is 3. The molecular formula is C13H17N3O2. The molecule has 96 valence electrons. The van der Waals surface area contributed by atoms with Gasteiger partial charge in [0.1, 0.15) is 6.04 Å². The molecule has 1 heterocycles. The quantitative estimate of drug-likeness (QED) is 0.737. The average Bonchev–Trinajstić information content (AvgIpc) is 2.66. The van der Waals surface area contributed by atoms with Crippen LogP contribution in [0.5, 0.6) is 0 Å². The molecule has 1 aromatic carbocycles.